The van der Waals surface area contributed by atoms with E-state index in [2.05, 4.69) is 5.32 Å². The molecule has 0 aromatic carbocycles. The Kier molecular flexibility index (Phi) is 4.33. The average molecular weight is 228 g/mol. The molecular weight excluding hydrogens is 204 g/mol. The quantitative estimate of drug-likeness (QED) is 0.670. The Hall–Kier alpha value is -0.610. The standard InChI is InChI=1S/C12H24N2O2/c1-3-11(2,16)9-14-10(15)12(13)7-5-4-6-8-12/h16H,3-9,13H2,1-2H3,(H,14,15). The highest BCUT2D eigenvalue weighted by Crippen LogP contribution is 2.26. The third kappa shape index (κ3) is 3.46. The van der Waals surface area contributed by atoms with Gasteiger partial charge in [-0.25, -0.2) is 0 Å². The van der Waals surface area contributed by atoms with Gasteiger partial charge in [0.1, 0.15) is 0 Å². The molecule has 1 atom stereocenters. The maximum absolute atomic E-state index is 11.9. The molecule has 0 aliphatic heterocycles. The zero-order valence-corrected chi connectivity index (χ0v) is 10.4. The number of hydrogen-bond acceptors (Lipinski definition) is 3. The van der Waals surface area contributed by atoms with Crippen LogP contribution in [0.3, 0.4) is 0 Å². The molecule has 0 aromatic rings. The monoisotopic (exact) mass is 228 g/mol. The predicted octanol–water partition coefficient (Wildman–Crippen LogP) is 0.925. The highest BCUT2D eigenvalue weighted by Gasteiger charge is 2.35. The second kappa shape index (κ2) is 5.15. The molecule has 0 radical (unpaired) electrons. The molecule has 4 heteroatoms. The molecule has 1 fully saturated rings. The molecule has 0 spiro atoms. The fourth-order valence-electron chi connectivity index (χ4n) is 1.98. The van der Waals surface area contributed by atoms with Gasteiger partial charge in [0.15, 0.2) is 0 Å². The molecule has 1 aliphatic carbocycles. The summed E-state index contributed by atoms with van der Waals surface area (Å²) >= 11 is 0. The van der Waals surface area contributed by atoms with Gasteiger partial charge in [0.25, 0.3) is 0 Å². The van der Waals surface area contributed by atoms with Crippen LogP contribution in [0.15, 0.2) is 0 Å². The lowest BCUT2D eigenvalue weighted by Gasteiger charge is -2.33. The van der Waals surface area contributed by atoms with E-state index in [0.717, 1.165) is 25.7 Å². The molecule has 0 heterocycles. The fourth-order valence-corrected chi connectivity index (χ4v) is 1.98. The van der Waals surface area contributed by atoms with Gasteiger partial charge in [-0.1, -0.05) is 26.2 Å². The first-order valence-electron chi connectivity index (χ1n) is 6.19. The van der Waals surface area contributed by atoms with E-state index in [1.54, 1.807) is 6.92 Å². The predicted molar refractivity (Wildman–Crippen MR) is 63.9 cm³/mol. The summed E-state index contributed by atoms with van der Waals surface area (Å²) < 4.78 is 0. The summed E-state index contributed by atoms with van der Waals surface area (Å²) in [5.74, 6) is -0.110. The Balaban J connectivity index is 2.45. The molecule has 4 N–H and O–H groups in total. The normalized spacial score (nSPS) is 23.5. The summed E-state index contributed by atoms with van der Waals surface area (Å²) in [6, 6.07) is 0. The Morgan fingerprint density at radius 3 is 2.50 bits per heavy atom. The maximum Gasteiger partial charge on any atom is 0.240 e. The molecule has 0 bridgehead atoms. The minimum absolute atomic E-state index is 0.110. The first kappa shape index (κ1) is 13.5. The lowest BCUT2D eigenvalue weighted by molar-refractivity contribution is -0.128. The molecule has 1 aliphatic rings. The van der Waals surface area contributed by atoms with Crippen molar-refractivity contribution in [3.63, 3.8) is 0 Å². The van der Waals surface area contributed by atoms with Crippen LogP contribution in [-0.4, -0.2) is 28.7 Å². The minimum atomic E-state index is -0.833. The van der Waals surface area contributed by atoms with Crippen molar-refractivity contribution in [3.05, 3.63) is 0 Å². The summed E-state index contributed by atoms with van der Waals surface area (Å²) in [5.41, 5.74) is 4.54. The van der Waals surface area contributed by atoms with Crippen molar-refractivity contribution in [2.75, 3.05) is 6.54 Å². The van der Waals surface area contributed by atoms with E-state index < -0.39 is 11.1 Å². The van der Waals surface area contributed by atoms with E-state index in [1.165, 1.54) is 6.42 Å². The number of nitrogens with one attached hydrogen (secondary N) is 1. The SMILES string of the molecule is CCC(C)(O)CNC(=O)C1(N)CCCCC1. The van der Waals surface area contributed by atoms with Crippen LogP contribution in [0.4, 0.5) is 0 Å². The lowest BCUT2D eigenvalue weighted by Crippen LogP contribution is -2.57. The molecule has 1 amide bonds. The number of carbonyl (C=O) groups excluding carboxylic acids is 1. The van der Waals surface area contributed by atoms with Crippen molar-refractivity contribution >= 4 is 5.91 Å². The number of nitrogens with two attached hydrogens (primary N) is 1. The maximum atomic E-state index is 11.9. The van der Waals surface area contributed by atoms with Crippen LogP contribution in [0.5, 0.6) is 0 Å². The minimum Gasteiger partial charge on any atom is -0.388 e. The topological polar surface area (TPSA) is 75.3 Å². The van der Waals surface area contributed by atoms with Crippen molar-refractivity contribution in [1.29, 1.82) is 0 Å². The van der Waals surface area contributed by atoms with Crippen LogP contribution < -0.4 is 11.1 Å². The zero-order chi connectivity index (χ0) is 12.2. The van der Waals surface area contributed by atoms with Crippen molar-refractivity contribution in [3.8, 4) is 0 Å². The highest BCUT2D eigenvalue weighted by molar-refractivity contribution is 5.86. The zero-order valence-electron chi connectivity index (χ0n) is 10.4. The Labute approximate surface area is 97.6 Å². The Morgan fingerprint density at radius 1 is 1.44 bits per heavy atom. The van der Waals surface area contributed by atoms with Crippen LogP contribution in [0, 0.1) is 0 Å². The van der Waals surface area contributed by atoms with Crippen LogP contribution in [0.2, 0.25) is 0 Å². The number of aliphatic hydroxyl groups is 1. The highest BCUT2D eigenvalue weighted by atomic mass is 16.3. The molecule has 0 aromatic heterocycles. The number of rotatable bonds is 4. The van der Waals surface area contributed by atoms with E-state index >= 15 is 0 Å². The van der Waals surface area contributed by atoms with E-state index in [1.807, 2.05) is 6.92 Å². The third-order valence-electron chi connectivity index (χ3n) is 3.59. The lowest BCUT2D eigenvalue weighted by atomic mass is 9.82. The first-order valence-corrected chi connectivity index (χ1v) is 6.19. The van der Waals surface area contributed by atoms with E-state index in [4.69, 9.17) is 5.73 Å². The van der Waals surface area contributed by atoms with E-state index in [-0.39, 0.29) is 12.5 Å². The smallest absolute Gasteiger partial charge is 0.240 e. The molecule has 16 heavy (non-hydrogen) atoms. The second-order valence-corrected chi connectivity index (χ2v) is 5.25. The number of hydrogen-bond donors (Lipinski definition) is 3. The Morgan fingerprint density at radius 2 is 2.00 bits per heavy atom. The fraction of sp³-hybridized carbons (Fsp3) is 0.917. The molecule has 94 valence electrons. The van der Waals surface area contributed by atoms with Crippen LogP contribution in [0.1, 0.15) is 52.4 Å². The van der Waals surface area contributed by atoms with Crippen molar-refractivity contribution in [2.24, 2.45) is 5.73 Å². The van der Waals surface area contributed by atoms with Gasteiger partial charge in [-0.15, -0.1) is 0 Å². The largest absolute Gasteiger partial charge is 0.388 e. The number of amides is 1. The molecule has 4 nitrogen and oxygen atoms in total. The van der Waals surface area contributed by atoms with Crippen molar-refractivity contribution < 1.29 is 9.90 Å². The van der Waals surface area contributed by atoms with Gasteiger partial charge in [0.2, 0.25) is 5.91 Å². The summed E-state index contributed by atoms with van der Waals surface area (Å²) in [6.07, 6.45) is 5.34. The van der Waals surface area contributed by atoms with Crippen LogP contribution >= 0.6 is 0 Å². The first-order chi connectivity index (χ1) is 7.40. The summed E-state index contributed by atoms with van der Waals surface area (Å²) in [5, 5.41) is 12.6. The van der Waals surface area contributed by atoms with Gasteiger partial charge in [-0.05, 0) is 26.2 Å². The third-order valence-corrected chi connectivity index (χ3v) is 3.59. The van der Waals surface area contributed by atoms with Gasteiger partial charge in [-0.3, -0.25) is 4.79 Å². The van der Waals surface area contributed by atoms with Gasteiger partial charge >= 0.3 is 0 Å². The Bertz CT molecular complexity index is 245. The van der Waals surface area contributed by atoms with Gasteiger partial charge in [0, 0.05) is 6.54 Å². The van der Waals surface area contributed by atoms with Gasteiger partial charge in [0.05, 0.1) is 11.1 Å². The van der Waals surface area contributed by atoms with E-state index in [0.29, 0.717) is 6.42 Å². The van der Waals surface area contributed by atoms with Crippen LogP contribution in [0.25, 0.3) is 0 Å². The van der Waals surface area contributed by atoms with E-state index in [9.17, 15) is 9.90 Å². The molecule has 1 unspecified atom stereocenters. The van der Waals surface area contributed by atoms with Crippen molar-refractivity contribution in [1.82, 2.24) is 5.32 Å². The van der Waals surface area contributed by atoms with Crippen molar-refractivity contribution in [2.45, 2.75) is 63.5 Å². The molecule has 0 saturated heterocycles. The second-order valence-electron chi connectivity index (χ2n) is 5.25. The summed E-state index contributed by atoms with van der Waals surface area (Å²) in [4.78, 5) is 11.9. The van der Waals surface area contributed by atoms with Gasteiger partial charge in [-0.2, -0.15) is 0 Å². The van der Waals surface area contributed by atoms with Gasteiger partial charge < -0.3 is 16.2 Å². The molecular formula is C12H24N2O2. The average Bonchev–Trinajstić information content (AvgIpc) is 2.27. The summed E-state index contributed by atoms with van der Waals surface area (Å²) in [7, 11) is 0. The molecule has 1 rings (SSSR count). The number of carbonyl (C=O) groups is 1. The molecule has 1 saturated carbocycles. The van der Waals surface area contributed by atoms with Crippen LogP contribution in [-0.2, 0) is 4.79 Å². The summed E-state index contributed by atoms with van der Waals surface area (Å²) in [6.45, 7) is 3.89.